The molecule has 5 rings (SSSR count). The molecule has 4 aromatic rings. The van der Waals surface area contributed by atoms with Gasteiger partial charge in [-0.3, -0.25) is 4.79 Å². The maximum absolute atomic E-state index is 11.5. The number of hydrogen-bond acceptors (Lipinski definition) is 5. The molecule has 1 fully saturated rings. The molecule has 0 atom stereocenters. The van der Waals surface area contributed by atoms with Crippen LogP contribution in [-0.2, 0) is 15.7 Å². The van der Waals surface area contributed by atoms with E-state index in [2.05, 4.69) is 26.3 Å². The lowest BCUT2D eigenvalue weighted by molar-refractivity contribution is -0.120. The van der Waals surface area contributed by atoms with E-state index in [0.717, 1.165) is 29.5 Å². The Morgan fingerprint density at radius 1 is 1.14 bits per heavy atom. The predicted octanol–water partition coefficient (Wildman–Crippen LogP) is 6.00. The largest absolute Gasteiger partial charge is 0.426 e. The highest BCUT2D eigenvalue weighted by atomic mass is 35.5. The Morgan fingerprint density at radius 3 is 2.43 bits per heavy atom. The van der Waals surface area contributed by atoms with E-state index < -0.39 is 5.54 Å². The molecule has 2 N–H and O–H groups in total. The summed E-state index contributed by atoms with van der Waals surface area (Å²) in [6, 6.07) is 19.8. The summed E-state index contributed by atoms with van der Waals surface area (Å²) in [5, 5.41) is 12.8. The SMILES string of the molecule is CC(=O)NC(C)(C)c1ccc(Oc2nc3nc(-c4ccc(C5(C#N)CC5)cc4)c(Cl)cc3[nH]2)cc1. The molecule has 7 nitrogen and oxygen atoms in total. The molecule has 1 aliphatic rings. The van der Waals surface area contributed by atoms with Crippen molar-refractivity contribution in [1.82, 2.24) is 20.3 Å². The van der Waals surface area contributed by atoms with Crippen molar-refractivity contribution < 1.29 is 9.53 Å². The molecular weight excluding hydrogens is 462 g/mol. The summed E-state index contributed by atoms with van der Waals surface area (Å²) in [6.45, 7) is 5.38. The van der Waals surface area contributed by atoms with E-state index in [1.54, 1.807) is 6.07 Å². The van der Waals surface area contributed by atoms with Crippen LogP contribution in [-0.4, -0.2) is 20.9 Å². The molecule has 8 heteroatoms. The fraction of sp³-hybridized carbons (Fsp3) is 0.259. The minimum absolute atomic E-state index is 0.0897. The molecule has 0 aliphatic heterocycles. The zero-order valence-electron chi connectivity index (χ0n) is 19.6. The number of hydrogen-bond donors (Lipinski definition) is 2. The van der Waals surface area contributed by atoms with Gasteiger partial charge in [0.15, 0.2) is 5.65 Å². The molecule has 0 unspecified atom stereocenters. The first kappa shape index (κ1) is 22.9. The molecule has 1 saturated carbocycles. The average molecular weight is 486 g/mol. The van der Waals surface area contributed by atoms with E-state index in [1.165, 1.54) is 6.92 Å². The van der Waals surface area contributed by atoms with Gasteiger partial charge in [-0.05, 0) is 56.0 Å². The summed E-state index contributed by atoms with van der Waals surface area (Å²) in [4.78, 5) is 23.7. The first-order chi connectivity index (χ1) is 16.7. The molecule has 35 heavy (non-hydrogen) atoms. The number of halogens is 1. The van der Waals surface area contributed by atoms with Gasteiger partial charge in [0.25, 0.3) is 0 Å². The number of aromatic nitrogens is 3. The summed E-state index contributed by atoms with van der Waals surface area (Å²) < 4.78 is 5.90. The molecule has 0 radical (unpaired) electrons. The van der Waals surface area contributed by atoms with E-state index >= 15 is 0 Å². The number of fused-ring (bicyclic) bond motifs is 1. The van der Waals surface area contributed by atoms with Gasteiger partial charge in [0.05, 0.1) is 33.3 Å². The number of rotatable bonds is 6. The number of amides is 1. The zero-order chi connectivity index (χ0) is 24.8. The number of aromatic amines is 1. The minimum Gasteiger partial charge on any atom is -0.426 e. The molecule has 2 heterocycles. The molecular formula is C27H24ClN5O2. The van der Waals surface area contributed by atoms with Crippen LogP contribution < -0.4 is 10.1 Å². The summed E-state index contributed by atoms with van der Waals surface area (Å²) in [7, 11) is 0. The van der Waals surface area contributed by atoms with Crippen molar-refractivity contribution in [1.29, 1.82) is 5.26 Å². The first-order valence-electron chi connectivity index (χ1n) is 11.3. The van der Waals surface area contributed by atoms with Crippen LogP contribution in [0.2, 0.25) is 5.02 Å². The second-order valence-corrected chi connectivity index (χ2v) is 9.84. The van der Waals surface area contributed by atoms with E-state index in [1.807, 2.05) is 62.4 Å². The number of nitrogens with one attached hydrogen (secondary N) is 2. The van der Waals surface area contributed by atoms with E-state index in [9.17, 15) is 10.1 Å². The van der Waals surface area contributed by atoms with Crippen LogP contribution in [0.4, 0.5) is 0 Å². The molecule has 2 aromatic carbocycles. The van der Waals surface area contributed by atoms with Crippen LogP contribution in [0.15, 0.2) is 54.6 Å². The van der Waals surface area contributed by atoms with Crippen molar-refractivity contribution in [2.45, 2.75) is 44.6 Å². The summed E-state index contributed by atoms with van der Waals surface area (Å²) in [6.07, 6.45) is 1.80. The minimum atomic E-state index is -0.493. The number of carbonyl (C=O) groups excluding carboxylic acids is 1. The fourth-order valence-electron chi connectivity index (χ4n) is 4.25. The van der Waals surface area contributed by atoms with Crippen molar-refractivity contribution in [2.24, 2.45) is 0 Å². The quantitative estimate of drug-likeness (QED) is 0.348. The first-order valence-corrected chi connectivity index (χ1v) is 11.7. The lowest BCUT2D eigenvalue weighted by Gasteiger charge is -2.26. The van der Waals surface area contributed by atoms with Gasteiger partial charge in [0, 0.05) is 12.5 Å². The van der Waals surface area contributed by atoms with Crippen LogP contribution >= 0.6 is 11.6 Å². The normalized spacial score (nSPS) is 14.4. The molecule has 0 saturated heterocycles. The third kappa shape index (κ3) is 4.45. The fourth-order valence-corrected chi connectivity index (χ4v) is 4.51. The number of imidazole rings is 1. The number of carbonyl (C=O) groups is 1. The van der Waals surface area contributed by atoms with Gasteiger partial charge in [0.1, 0.15) is 5.75 Å². The van der Waals surface area contributed by atoms with Gasteiger partial charge < -0.3 is 15.0 Å². The van der Waals surface area contributed by atoms with Crippen LogP contribution in [0.5, 0.6) is 11.8 Å². The Hall–Kier alpha value is -3.89. The van der Waals surface area contributed by atoms with Crippen molar-refractivity contribution in [3.8, 4) is 29.1 Å². The van der Waals surface area contributed by atoms with Crippen molar-refractivity contribution in [3.05, 3.63) is 70.7 Å². The summed E-state index contributed by atoms with van der Waals surface area (Å²) in [5.74, 6) is 0.507. The van der Waals surface area contributed by atoms with Gasteiger partial charge in [0.2, 0.25) is 5.91 Å². The topological polar surface area (TPSA) is 104 Å². The Morgan fingerprint density at radius 2 is 1.83 bits per heavy atom. The highest BCUT2D eigenvalue weighted by molar-refractivity contribution is 6.33. The standard InChI is InChI=1S/C27H24ClN5O2/c1-16(34)33-26(2,3)18-8-10-20(11-9-18)35-25-30-22-14-21(28)23(31-24(22)32-25)17-4-6-19(7-5-17)27(15-29)12-13-27/h4-11,14H,12-13H2,1-3H3,(H,33,34)(H,30,31,32). The smallest absolute Gasteiger partial charge is 0.301 e. The van der Waals surface area contributed by atoms with Gasteiger partial charge in [-0.25, -0.2) is 4.98 Å². The van der Waals surface area contributed by atoms with Gasteiger partial charge >= 0.3 is 6.01 Å². The number of benzene rings is 2. The lowest BCUT2D eigenvalue weighted by atomic mass is 9.94. The van der Waals surface area contributed by atoms with Crippen LogP contribution in [0.1, 0.15) is 44.7 Å². The van der Waals surface area contributed by atoms with Gasteiger partial charge in [-0.15, -0.1) is 0 Å². The third-order valence-corrected chi connectivity index (χ3v) is 6.65. The molecule has 1 aliphatic carbocycles. The van der Waals surface area contributed by atoms with Crippen LogP contribution in [0.3, 0.4) is 0 Å². The molecule has 0 bridgehead atoms. The van der Waals surface area contributed by atoms with Crippen molar-refractivity contribution >= 4 is 28.7 Å². The van der Waals surface area contributed by atoms with Crippen LogP contribution in [0.25, 0.3) is 22.4 Å². The van der Waals surface area contributed by atoms with E-state index in [0.29, 0.717) is 33.6 Å². The summed E-state index contributed by atoms with van der Waals surface area (Å²) in [5.41, 5.74) is 3.79. The maximum Gasteiger partial charge on any atom is 0.301 e. The predicted molar refractivity (Wildman–Crippen MR) is 134 cm³/mol. The lowest BCUT2D eigenvalue weighted by Crippen LogP contribution is -2.39. The molecule has 176 valence electrons. The number of nitriles is 1. The Bertz CT molecular complexity index is 1460. The monoisotopic (exact) mass is 485 g/mol. The Labute approximate surface area is 208 Å². The number of nitrogens with zero attached hydrogens (tertiary/aromatic N) is 3. The number of ether oxygens (including phenoxy) is 1. The zero-order valence-corrected chi connectivity index (χ0v) is 20.4. The van der Waals surface area contributed by atoms with E-state index in [-0.39, 0.29) is 11.3 Å². The Balaban J connectivity index is 1.37. The summed E-state index contributed by atoms with van der Waals surface area (Å²) >= 11 is 6.54. The second-order valence-electron chi connectivity index (χ2n) is 9.44. The van der Waals surface area contributed by atoms with Crippen LogP contribution in [0, 0.1) is 11.3 Å². The highest BCUT2D eigenvalue weighted by Gasteiger charge is 2.44. The van der Waals surface area contributed by atoms with Gasteiger partial charge in [-0.1, -0.05) is 48.0 Å². The number of pyridine rings is 1. The maximum atomic E-state index is 11.5. The molecule has 0 spiro atoms. The van der Waals surface area contributed by atoms with Gasteiger partial charge in [-0.2, -0.15) is 10.2 Å². The molecule has 1 amide bonds. The van der Waals surface area contributed by atoms with E-state index in [4.69, 9.17) is 16.3 Å². The molecule has 2 aromatic heterocycles. The van der Waals surface area contributed by atoms with Crippen molar-refractivity contribution in [2.75, 3.05) is 0 Å². The number of H-pyrrole nitrogens is 1. The highest BCUT2D eigenvalue weighted by Crippen LogP contribution is 2.47. The second kappa shape index (κ2) is 8.40. The van der Waals surface area contributed by atoms with Crippen molar-refractivity contribution in [3.63, 3.8) is 0 Å². The third-order valence-electron chi connectivity index (χ3n) is 6.36. The Kier molecular flexibility index (Phi) is 5.49. The average Bonchev–Trinajstić information content (AvgIpc) is 3.53.